The highest BCUT2D eigenvalue weighted by molar-refractivity contribution is 5.76. The van der Waals surface area contributed by atoms with E-state index in [1.165, 1.54) is 15.9 Å². The van der Waals surface area contributed by atoms with E-state index in [1.54, 1.807) is 26.4 Å². The molecule has 1 N–H and O–H groups in total. The summed E-state index contributed by atoms with van der Waals surface area (Å²) in [5, 5.41) is 15.4. The fourth-order valence-electron chi connectivity index (χ4n) is 3.48. The zero-order chi connectivity index (χ0) is 19.5. The molecule has 0 aliphatic heterocycles. The first-order valence-corrected chi connectivity index (χ1v) is 9.05. The van der Waals surface area contributed by atoms with Crippen LogP contribution < -0.4 is 14.8 Å². The summed E-state index contributed by atoms with van der Waals surface area (Å²) in [5.74, 6) is 1.47. The van der Waals surface area contributed by atoms with Crippen molar-refractivity contribution in [1.82, 2.24) is 25.5 Å². The number of tetrazole rings is 1. The van der Waals surface area contributed by atoms with Crippen molar-refractivity contribution in [2.75, 3.05) is 14.2 Å². The van der Waals surface area contributed by atoms with Crippen molar-refractivity contribution in [2.45, 2.75) is 25.4 Å². The molecule has 8 nitrogen and oxygen atoms in total. The molecule has 1 unspecified atom stereocenters. The van der Waals surface area contributed by atoms with Crippen LogP contribution in [0.3, 0.4) is 0 Å². The summed E-state index contributed by atoms with van der Waals surface area (Å²) in [6.45, 7) is 0.0129. The number of carbonyl (C=O) groups is 1. The number of hydrogen-bond acceptors (Lipinski definition) is 6. The van der Waals surface area contributed by atoms with E-state index in [9.17, 15) is 4.79 Å². The van der Waals surface area contributed by atoms with Gasteiger partial charge in [-0.15, -0.1) is 10.2 Å². The number of methoxy groups -OCH3 is 2. The van der Waals surface area contributed by atoms with Crippen LogP contribution >= 0.6 is 0 Å². The molecule has 1 atom stereocenters. The molecule has 1 aliphatic rings. The molecule has 28 heavy (non-hydrogen) atoms. The van der Waals surface area contributed by atoms with E-state index in [-0.39, 0.29) is 18.5 Å². The maximum atomic E-state index is 12.4. The lowest BCUT2D eigenvalue weighted by Gasteiger charge is -2.13. The van der Waals surface area contributed by atoms with Crippen molar-refractivity contribution in [2.24, 2.45) is 0 Å². The van der Waals surface area contributed by atoms with Crippen LogP contribution in [-0.2, 0) is 17.8 Å². The van der Waals surface area contributed by atoms with Gasteiger partial charge in [-0.25, -0.2) is 0 Å². The van der Waals surface area contributed by atoms with Gasteiger partial charge in [-0.3, -0.25) is 4.79 Å². The number of fused-ring (bicyclic) bond motifs is 1. The third-order valence-corrected chi connectivity index (χ3v) is 4.85. The maximum Gasteiger partial charge on any atom is 0.244 e. The van der Waals surface area contributed by atoms with Crippen LogP contribution in [0.2, 0.25) is 0 Å². The molecule has 0 spiro atoms. The molecular weight excluding hydrogens is 358 g/mol. The number of hydrogen-bond donors (Lipinski definition) is 1. The van der Waals surface area contributed by atoms with Crippen LogP contribution in [0.4, 0.5) is 0 Å². The summed E-state index contributed by atoms with van der Waals surface area (Å²) < 4.78 is 10.5. The van der Waals surface area contributed by atoms with E-state index in [1.807, 2.05) is 18.2 Å². The Morgan fingerprint density at radius 1 is 1.18 bits per heavy atom. The lowest BCUT2D eigenvalue weighted by molar-refractivity contribution is -0.122. The SMILES string of the molecule is COc1ccc(-c2nnn(CC(=O)NC3CCc4ccccc43)n2)cc1OC. The van der Waals surface area contributed by atoms with Crippen LogP contribution in [0.5, 0.6) is 11.5 Å². The second-order valence-electron chi connectivity index (χ2n) is 6.57. The number of ether oxygens (including phenoxy) is 2. The first-order valence-electron chi connectivity index (χ1n) is 9.05. The molecule has 1 aliphatic carbocycles. The van der Waals surface area contributed by atoms with Crippen molar-refractivity contribution in [3.8, 4) is 22.9 Å². The minimum atomic E-state index is -0.141. The predicted octanol–water partition coefficient (Wildman–Crippen LogP) is 2.16. The smallest absolute Gasteiger partial charge is 0.244 e. The van der Waals surface area contributed by atoms with Gasteiger partial charge >= 0.3 is 0 Å². The van der Waals surface area contributed by atoms with Crippen molar-refractivity contribution in [3.63, 3.8) is 0 Å². The molecule has 144 valence electrons. The average molecular weight is 379 g/mol. The Labute approximate surface area is 162 Å². The van der Waals surface area contributed by atoms with E-state index in [0.29, 0.717) is 17.3 Å². The summed E-state index contributed by atoms with van der Waals surface area (Å²) in [5.41, 5.74) is 3.21. The number of nitrogens with one attached hydrogen (secondary N) is 1. The van der Waals surface area contributed by atoms with E-state index in [4.69, 9.17) is 9.47 Å². The zero-order valence-electron chi connectivity index (χ0n) is 15.8. The third-order valence-electron chi connectivity index (χ3n) is 4.85. The maximum absolute atomic E-state index is 12.4. The van der Waals surface area contributed by atoms with Gasteiger partial charge < -0.3 is 14.8 Å². The summed E-state index contributed by atoms with van der Waals surface area (Å²) in [4.78, 5) is 13.7. The Morgan fingerprint density at radius 2 is 2.00 bits per heavy atom. The number of aromatic nitrogens is 4. The van der Waals surface area contributed by atoms with Crippen LogP contribution in [-0.4, -0.2) is 40.3 Å². The normalized spacial score (nSPS) is 15.1. The zero-order valence-corrected chi connectivity index (χ0v) is 15.8. The number of carbonyl (C=O) groups excluding carboxylic acids is 1. The van der Waals surface area contributed by atoms with E-state index < -0.39 is 0 Å². The molecule has 4 rings (SSSR count). The Bertz CT molecular complexity index is 1000. The van der Waals surface area contributed by atoms with Crippen LogP contribution in [0.25, 0.3) is 11.4 Å². The second kappa shape index (κ2) is 7.67. The Kier molecular flexibility index (Phi) is 4.92. The van der Waals surface area contributed by atoms with Gasteiger partial charge in [0.1, 0.15) is 6.54 Å². The molecular formula is C20H21N5O3. The first kappa shape index (κ1) is 18.0. The van der Waals surface area contributed by atoms with Crippen LogP contribution in [0.15, 0.2) is 42.5 Å². The highest BCUT2D eigenvalue weighted by Crippen LogP contribution is 2.31. The minimum Gasteiger partial charge on any atom is -0.493 e. The van der Waals surface area contributed by atoms with Gasteiger partial charge in [0.25, 0.3) is 0 Å². The molecule has 1 heterocycles. The first-order chi connectivity index (χ1) is 13.7. The third kappa shape index (κ3) is 3.53. The summed E-state index contributed by atoms with van der Waals surface area (Å²) in [6.07, 6.45) is 1.89. The minimum absolute atomic E-state index is 0.0129. The highest BCUT2D eigenvalue weighted by Gasteiger charge is 2.23. The molecule has 0 saturated heterocycles. The van der Waals surface area contributed by atoms with Crippen LogP contribution in [0, 0.1) is 0 Å². The number of aryl methyl sites for hydroxylation is 1. The van der Waals surface area contributed by atoms with Crippen molar-refractivity contribution < 1.29 is 14.3 Å². The summed E-state index contributed by atoms with van der Waals surface area (Å²) >= 11 is 0. The number of rotatable bonds is 6. The quantitative estimate of drug-likeness (QED) is 0.706. The van der Waals surface area contributed by atoms with Gasteiger partial charge in [-0.1, -0.05) is 24.3 Å². The molecule has 0 radical (unpaired) electrons. The van der Waals surface area contributed by atoms with E-state index in [0.717, 1.165) is 18.4 Å². The summed E-state index contributed by atoms with van der Waals surface area (Å²) in [7, 11) is 3.14. The summed E-state index contributed by atoms with van der Waals surface area (Å²) in [6, 6.07) is 13.6. The molecule has 0 saturated carbocycles. The number of benzene rings is 2. The van der Waals surface area contributed by atoms with Gasteiger partial charge in [-0.2, -0.15) is 4.80 Å². The lowest BCUT2D eigenvalue weighted by Crippen LogP contribution is -2.31. The standard InChI is InChI=1S/C20H21N5O3/c1-27-17-10-8-14(11-18(17)28-2)20-22-24-25(23-20)12-19(26)21-16-9-7-13-5-3-4-6-15(13)16/h3-6,8,10-11,16H,7,9,12H2,1-2H3,(H,21,26). The van der Waals surface area contributed by atoms with Crippen molar-refractivity contribution in [3.05, 3.63) is 53.6 Å². The fraction of sp³-hybridized carbons (Fsp3) is 0.300. The van der Waals surface area contributed by atoms with E-state index in [2.05, 4.69) is 32.9 Å². The molecule has 2 aromatic carbocycles. The number of nitrogens with zero attached hydrogens (tertiary/aromatic N) is 4. The average Bonchev–Trinajstić information content (AvgIpc) is 3.35. The van der Waals surface area contributed by atoms with Crippen molar-refractivity contribution >= 4 is 5.91 Å². The number of amides is 1. The van der Waals surface area contributed by atoms with Gasteiger partial charge in [0.05, 0.1) is 20.3 Å². The highest BCUT2D eigenvalue weighted by atomic mass is 16.5. The molecule has 0 bridgehead atoms. The van der Waals surface area contributed by atoms with Gasteiger partial charge in [-0.05, 0) is 47.4 Å². The lowest BCUT2D eigenvalue weighted by atomic mass is 10.1. The van der Waals surface area contributed by atoms with Gasteiger partial charge in [0.15, 0.2) is 11.5 Å². The Hall–Kier alpha value is -3.42. The predicted molar refractivity (Wildman–Crippen MR) is 102 cm³/mol. The molecule has 3 aromatic rings. The topological polar surface area (TPSA) is 91.2 Å². The molecule has 0 fully saturated rings. The Morgan fingerprint density at radius 3 is 2.82 bits per heavy atom. The fourth-order valence-corrected chi connectivity index (χ4v) is 3.48. The van der Waals surface area contributed by atoms with E-state index >= 15 is 0 Å². The molecule has 1 amide bonds. The van der Waals surface area contributed by atoms with Gasteiger partial charge in [0.2, 0.25) is 11.7 Å². The molecule has 8 heteroatoms. The second-order valence-corrected chi connectivity index (χ2v) is 6.57. The monoisotopic (exact) mass is 379 g/mol. The largest absolute Gasteiger partial charge is 0.493 e. The van der Waals surface area contributed by atoms with Gasteiger partial charge in [0, 0.05) is 5.56 Å². The Balaban J connectivity index is 1.43. The molecule has 1 aromatic heterocycles. The van der Waals surface area contributed by atoms with Crippen molar-refractivity contribution in [1.29, 1.82) is 0 Å². The van der Waals surface area contributed by atoms with Crippen LogP contribution in [0.1, 0.15) is 23.6 Å².